The van der Waals surface area contributed by atoms with Gasteiger partial charge in [0.25, 0.3) is 0 Å². The van der Waals surface area contributed by atoms with Crippen LogP contribution in [0.25, 0.3) is 98.4 Å². The van der Waals surface area contributed by atoms with E-state index >= 15 is 0 Å². The molecule has 2 aromatic heterocycles. The molecule has 0 fully saturated rings. The summed E-state index contributed by atoms with van der Waals surface area (Å²) in [7, 11) is 0. The minimum absolute atomic E-state index is 0.0792. The van der Waals surface area contributed by atoms with E-state index in [1.54, 1.807) is 18.2 Å². The maximum Gasteiger partial charge on any atom is 0.0645 e. The highest BCUT2D eigenvalue weighted by Gasteiger charge is 2.17. The fourth-order valence-corrected chi connectivity index (χ4v) is 7.29. The number of nitrogens with zero attached hydrogens (tertiary/aromatic N) is 2. The number of fused-ring (bicyclic) bond motifs is 12. The van der Waals surface area contributed by atoms with Gasteiger partial charge in [-0.3, -0.25) is 0 Å². The van der Waals surface area contributed by atoms with E-state index in [4.69, 9.17) is 11.0 Å². The van der Waals surface area contributed by atoms with Gasteiger partial charge in [0.1, 0.15) is 0 Å². The zero-order chi connectivity index (χ0) is 46.7. The smallest absolute Gasteiger partial charge is 0.0645 e. The monoisotopic (exact) mass is 650 g/mol. The van der Waals surface area contributed by atoms with Crippen molar-refractivity contribution >= 4 is 75.9 Å². The molecule has 0 saturated heterocycles. The summed E-state index contributed by atoms with van der Waals surface area (Å²) >= 11 is 0. The second-order valence-corrected chi connectivity index (χ2v) is 12.1. The van der Waals surface area contributed by atoms with Crippen LogP contribution in [0.3, 0.4) is 0 Å². The lowest BCUT2D eigenvalue weighted by Gasteiger charge is -2.14. The maximum atomic E-state index is 9.89. The molecule has 2 heteroatoms. The maximum absolute atomic E-state index is 9.89. The lowest BCUT2D eigenvalue weighted by atomic mass is 9.94. The van der Waals surface area contributed by atoms with Gasteiger partial charge in [0.15, 0.2) is 0 Å². The van der Waals surface area contributed by atoms with Crippen LogP contribution in [0.1, 0.15) is 21.9 Å². The van der Waals surface area contributed by atoms with Crippen molar-refractivity contribution in [2.24, 2.45) is 0 Å². The van der Waals surface area contributed by atoms with Gasteiger partial charge in [-0.25, -0.2) is 0 Å². The third-order valence-electron chi connectivity index (χ3n) is 9.45. The van der Waals surface area contributed by atoms with E-state index in [0.29, 0.717) is 11.7 Å². The summed E-state index contributed by atoms with van der Waals surface area (Å²) in [6, 6.07) is 16.9. The lowest BCUT2D eigenvalue weighted by molar-refractivity contribution is 1.18. The summed E-state index contributed by atoms with van der Waals surface area (Å²) in [5.41, 5.74) is -0.670. The van der Waals surface area contributed by atoms with Crippen molar-refractivity contribution in [2.75, 3.05) is 0 Å². The van der Waals surface area contributed by atoms with Gasteiger partial charge in [-0.1, -0.05) is 121 Å². The number of hydrogen-bond donors (Lipinski definition) is 0. The van der Waals surface area contributed by atoms with Gasteiger partial charge < -0.3 is 9.13 Å². The van der Waals surface area contributed by atoms with E-state index < -0.39 is 95.7 Å². The molecule has 0 N–H and O–H groups in total. The molecule has 11 rings (SSSR count). The van der Waals surface area contributed by atoms with E-state index in [1.807, 2.05) is 42.5 Å². The SMILES string of the molecule is [2H]c1ccc(-n2c3c([2H])c([2H])c([2H])c([2H])c3c3c([2H])c(-c4c([2H])c([2H])c5c(c4[2H])c4c([2H])c([2H])c([2H])c([2H])c4n5-c4ccc5c6ccc([2H])cc6c6ccccc6c5c4)c([2H])c([2H])c32)cc1. The van der Waals surface area contributed by atoms with Crippen LogP contribution in [0, 0.1) is 0 Å². The summed E-state index contributed by atoms with van der Waals surface area (Å²) in [6.45, 7) is 0. The standard InChI is InChI=1S/C48H30N2/c1-2-12-33(13-3-1)49-45-20-10-8-18-40(45)43-28-31(22-26-47(43)49)32-23-27-48-44(29-32)41-19-9-11-21-46(41)50(48)34-24-25-39-37-16-5-4-14-35(37)36-15-6-7-17-38(36)42(39)30-34/h1-30H/i1D,4D,8D,9D,10D,11D,18D,19D,20D,21D,22D,23D,26D,27D,28D,29D. The number of aromatic nitrogens is 2. The van der Waals surface area contributed by atoms with Crippen molar-refractivity contribution in [1.29, 1.82) is 0 Å². The van der Waals surface area contributed by atoms with Crippen LogP contribution in [0.5, 0.6) is 0 Å². The Labute approximate surface area is 311 Å². The highest BCUT2D eigenvalue weighted by molar-refractivity contribution is 6.25. The topological polar surface area (TPSA) is 9.86 Å². The Kier molecular flexibility index (Phi) is 3.37. The minimum atomic E-state index is -0.651. The Bertz CT molecular complexity index is 4040. The summed E-state index contributed by atoms with van der Waals surface area (Å²) in [6.07, 6.45) is 0. The van der Waals surface area contributed by atoms with Crippen LogP contribution >= 0.6 is 0 Å². The van der Waals surface area contributed by atoms with Crippen LogP contribution in [0.15, 0.2) is 182 Å². The zero-order valence-electron chi connectivity index (χ0n) is 42.0. The first-order valence-electron chi connectivity index (χ1n) is 24.0. The summed E-state index contributed by atoms with van der Waals surface area (Å²) in [5, 5.41) is 4.40. The van der Waals surface area contributed by atoms with E-state index in [1.165, 1.54) is 33.4 Å². The van der Waals surface area contributed by atoms with Gasteiger partial charge in [-0.05, 0) is 104 Å². The average molecular weight is 651 g/mol. The van der Waals surface area contributed by atoms with Crippen molar-refractivity contribution in [3.05, 3.63) is 182 Å². The Balaban J connectivity index is 1.29. The van der Waals surface area contributed by atoms with Gasteiger partial charge in [0, 0.05) is 32.9 Å². The normalized spacial score (nSPS) is 16.5. The minimum Gasteiger partial charge on any atom is -0.309 e. The zero-order valence-corrected chi connectivity index (χ0v) is 26.0. The molecule has 50 heavy (non-hydrogen) atoms. The van der Waals surface area contributed by atoms with Crippen LogP contribution in [0.2, 0.25) is 0 Å². The highest BCUT2D eigenvalue weighted by atomic mass is 15.0. The van der Waals surface area contributed by atoms with E-state index in [-0.39, 0.29) is 55.3 Å². The molecular weight excluding hydrogens is 605 g/mol. The van der Waals surface area contributed by atoms with Gasteiger partial charge in [0.05, 0.1) is 44.0 Å². The number of hydrogen-bond acceptors (Lipinski definition) is 0. The van der Waals surface area contributed by atoms with Crippen molar-refractivity contribution in [3.8, 4) is 22.5 Å². The number of para-hydroxylation sites is 3. The van der Waals surface area contributed by atoms with Gasteiger partial charge in [-0.15, -0.1) is 0 Å². The fraction of sp³-hybridized carbons (Fsp3) is 0. The molecule has 11 aromatic rings. The quantitative estimate of drug-likeness (QED) is 0.168. The fourth-order valence-electron chi connectivity index (χ4n) is 7.29. The molecule has 0 bridgehead atoms. The van der Waals surface area contributed by atoms with Crippen molar-refractivity contribution in [2.45, 2.75) is 0 Å². The molecule has 0 unspecified atom stereocenters. The number of benzene rings is 9. The van der Waals surface area contributed by atoms with Gasteiger partial charge >= 0.3 is 0 Å². The Hall–Kier alpha value is -6.64. The molecular formula is C48H30N2. The molecule has 0 atom stereocenters. The van der Waals surface area contributed by atoms with E-state index in [2.05, 4.69) is 0 Å². The molecule has 9 aromatic carbocycles. The van der Waals surface area contributed by atoms with Gasteiger partial charge in [0.2, 0.25) is 0 Å². The highest BCUT2D eigenvalue weighted by Crippen LogP contribution is 2.40. The first-order valence-corrected chi connectivity index (χ1v) is 16.0. The first-order chi connectivity index (χ1) is 31.5. The second-order valence-electron chi connectivity index (χ2n) is 12.1. The molecule has 232 valence electrons. The summed E-state index contributed by atoms with van der Waals surface area (Å²) < 4.78 is 148. The van der Waals surface area contributed by atoms with Crippen molar-refractivity contribution in [3.63, 3.8) is 0 Å². The van der Waals surface area contributed by atoms with E-state index in [0.717, 1.165) is 32.3 Å². The van der Waals surface area contributed by atoms with E-state index in [9.17, 15) is 11.0 Å². The molecule has 2 heterocycles. The molecule has 0 spiro atoms. The Morgan fingerprint density at radius 3 is 1.48 bits per heavy atom. The molecule has 0 radical (unpaired) electrons. The summed E-state index contributed by atoms with van der Waals surface area (Å²) in [4.78, 5) is 0. The third kappa shape index (κ3) is 3.85. The Morgan fingerprint density at radius 2 is 0.820 bits per heavy atom. The predicted octanol–water partition coefficient (Wildman–Crippen LogP) is 13.0. The van der Waals surface area contributed by atoms with Crippen molar-refractivity contribution in [1.82, 2.24) is 9.13 Å². The molecule has 0 saturated carbocycles. The largest absolute Gasteiger partial charge is 0.309 e. The first kappa shape index (κ1) is 16.2. The molecule has 0 amide bonds. The Morgan fingerprint density at radius 1 is 0.320 bits per heavy atom. The average Bonchev–Trinajstić information content (AvgIpc) is 3.87. The van der Waals surface area contributed by atoms with Crippen LogP contribution in [0.4, 0.5) is 0 Å². The third-order valence-corrected chi connectivity index (χ3v) is 9.45. The molecule has 0 aliphatic rings. The summed E-state index contributed by atoms with van der Waals surface area (Å²) in [5.74, 6) is 0. The van der Waals surface area contributed by atoms with Crippen LogP contribution in [-0.4, -0.2) is 9.13 Å². The number of rotatable bonds is 3. The predicted molar refractivity (Wildman–Crippen MR) is 213 cm³/mol. The van der Waals surface area contributed by atoms with Gasteiger partial charge in [-0.2, -0.15) is 0 Å². The molecule has 0 aliphatic heterocycles. The lowest BCUT2D eigenvalue weighted by Crippen LogP contribution is -1.94. The van der Waals surface area contributed by atoms with Crippen molar-refractivity contribution < 1.29 is 21.9 Å². The molecule has 0 aliphatic carbocycles. The van der Waals surface area contributed by atoms with Crippen LogP contribution in [-0.2, 0) is 0 Å². The second kappa shape index (κ2) is 10.4. The molecule has 2 nitrogen and oxygen atoms in total. The van der Waals surface area contributed by atoms with Crippen LogP contribution < -0.4 is 0 Å².